The van der Waals surface area contributed by atoms with E-state index in [0.717, 1.165) is 5.69 Å². The van der Waals surface area contributed by atoms with Crippen LogP contribution in [-0.2, 0) is 19.5 Å². The van der Waals surface area contributed by atoms with Gasteiger partial charge in [-0.25, -0.2) is 15.0 Å². The summed E-state index contributed by atoms with van der Waals surface area (Å²) in [5.41, 5.74) is 1.79. The van der Waals surface area contributed by atoms with Crippen molar-refractivity contribution in [3.63, 3.8) is 0 Å². The van der Waals surface area contributed by atoms with E-state index in [0.29, 0.717) is 48.8 Å². The molecule has 0 unspecified atom stereocenters. The molecule has 4 rings (SSSR count). The molecule has 4 heterocycles. The van der Waals surface area contributed by atoms with E-state index in [1.54, 1.807) is 18.5 Å². The minimum atomic E-state index is -0.571. The van der Waals surface area contributed by atoms with Crippen molar-refractivity contribution in [2.45, 2.75) is 19.5 Å². The summed E-state index contributed by atoms with van der Waals surface area (Å²) in [6.45, 7) is 1.46. The lowest BCUT2D eigenvalue weighted by molar-refractivity contribution is -0.402. The number of H-pyrrole nitrogens is 1. The summed E-state index contributed by atoms with van der Waals surface area (Å²) in [4.78, 5) is 39.8. The fourth-order valence-electron chi connectivity index (χ4n) is 2.94. The van der Waals surface area contributed by atoms with Crippen LogP contribution in [0, 0.1) is 10.1 Å². The Morgan fingerprint density at radius 2 is 2.12 bits per heavy atom. The molecule has 0 bridgehead atoms. The van der Waals surface area contributed by atoms with E-state index >= 15 is 0 Å². The average molecular weight is 354 g/mol. The molecule has 0 spiro atoms. The monoisotopic (exact) mass is 354 g/mol. The minimum Gasteiger partial charge on any atom is -0.404 e. The van der Waals surface area contributed by atoms with Crippen LogP contribution in [-0.4, -0.2) is 36.3 Å². The smallest absolute Gasteiger partial charge is 0.404 e. The number of aromatic nitrogens is 4. The molecule has 0 aliphatic carbocycles. The number of nitrogens with zero attached hydrogens (tertiary/aromatic N) is 5. The van der Waals surface area contributed by atoms with Gasteiger partial charge in [-0.2, -0.15) is 0 Å². The Morgan fingerprint density at radius 1 is 1.31 bits per heavy atom. The summed E-state index contributed by atoms with van der Waals surface area (Å²) < 4.78 is 5.19. The molecule has 0 fully saturated rings. The van der Waals surface area contributed by atoms with Crippen molar-refractivity contribution in [3.8, 4) is 11.4 Å². The van der Waals surface area contributed by atoms with Gasteiger partial charge in [0.15, 0.2) is 0 Å². The zero-order valence-corrected chi connectivity index (χ0v) is 13.6. The maximum atomic E-state index is 12.5. The molecule has 1 N–H and O–H groups in total. The quantitative estimate of drug-likeness (QED) is 0.547. The van der Waals surface area contributed by atoms with E-state index in [1.165, 1.54) is 12.4 Å². The van der Waals surface area contributed by atoms with Crippen LogP contribution >= 0.6 is 0 Å². The van der Waals surface area contributed by atoms with Crippen molar-refractivity contribution < 1.29 is 9.34 Å². The number of nitrogens with one attached hydrogen (secondary N) is 1. The van der Waals surface area contributed by atoms with Crippen LogP contribution in [0.15, 0.2) is 40.1 Å². The van der Waals surface area contributed by atoms with Gasteiger partial charge in [0.05, 0.1) is 29.4 Å². The summed E-state index contributed by atoms with van der Waals surface area (Å²) >= 11 is 0. The third kappa shape index (κ3) is 3.09. The van der Waals surface area contributed by atoms with Crippen LogP contribution < -0.4 is 5.56 Å². The van der Waals surface area contributed by atoms with Crippen molar-refractivity contribution in [3.05, 3.63) is 68.3 Å². The minimum absolute atomic E-state index is 0.205. The van der Waals surface area contributed by atoms with Crippen molar-refractivity contribution in [1.82, 2.24) is 24.8 Å². The maximum Gasteiger partial charge on any atom is 0.433 e. The van der Waals surface area contributed by atoms with Gasteiger partial charge in [-0.05, 0) is 6.07 Å². The van der Waals surface area contributed by atoms with E-state index in [4.69, 9.17) is 4.42 Å². The lowest BCUT2D eigenvalue weighted by atomic mass is 10.1. The van der Waals surface area contributed by atoms with Crippen molar-refractivity contribution in [2.24, 2.45) is 0 Å². The second-order valence-electron chi connectivity index (χ2n) is 5.92. The molecule has 26 heavy (non-hydrogen) atoms. The van der Waals surface area contributed by atoms with E-state index in [-0.39, 0.29) is 11.4 Å². The third-order valence-corrected chi connectivity index (χ3v) is 4.19. The second-order valence-corrected chi connectivity index (χ2v) is 5.92. The molecule has 0 radical (unpaired) electrons. The van der Waals surface area contributed by atoms with Gasteiger partial charge in [0.1, 0.15) is 22.8 Å². The molecule has 1 aliphatic rings. The van der Waals surface area contributed by atoms with E-state index in [1.807, 2.05) is 4.90 Å². The fourth-order valence-corrected chi connectivity index (χ4v) is 2.94. The fraction of sp³-hybridized carbons (Fsp3) is 0.250. The lowest BCUT2D eigenvalue weighted by Gasteiger charge is -2.26. The Kier molecular flexibility index (Phi) is 4.01. The predicted molar refractivity (Wildman–Crippen MR) is 89.1 cm³/mol. The number of hydrogen-bond acceptors (Lipinski definition) is 8. The summed E-state index contributed by atoms with van der Waals surface area (Å²) in [7, 11) is 0. The Balaban J connectivity index is 1.55. The number of furan rings is 1. The molecule has 3 aromatic heterocycles. The molecule has 10 heteroatoms. The standard InChI is InChI=1S/C16H14N6O4/c23-16-12-8-21(7-11-1-2-14(26-11)22(24)25)4-3-13(12)19-15(20-16)10-5-17-9-18-6-10/h1-2,5-6,9H,3-4,7-8H2,(H,19,20,23). The highest BCUT2D eigenvalue weighted by Gasteiger charge is 2.23. The molecule has 0 saturated heterocycles. The van der Waals surface area contributed by atoms with Crippen molar-refractivity contribution in [2.75, 3.05) is 6.54 Å². The van der Waals surface area contributed by atoms with Gasteiger partial charge in [-0.1, -0.05) is 0 Å². The average Bonchev–Trinajstić information content (AvgIpc) is 3.12. The first kappa shape index (κ1) is 16.1. The number of aromatic amines is 1. The van der Waals surface area contributed by atoms with E-state index in [9.17, 15) is 14.9 Å². The van der Waals surface area contributed by atoms with Gasteiger partial charge < -0.3 is 9.40 Å². The predicted octanol–water partition coefficient (Wildman–Crippen LogP) is 1.29. The highest BCUT2D eigenvalue weighted by Crippen LogP contribution is 2.21. The normalized spacial score (nSPS) is 14.2. The first-order chi connectivity index (χ1) is 12.6. The Bertz CT molecular complexity index is 1010. The molecule has 0 atom stereocenters. The van der Waals surface area contributed by atoms with Gasteiger partial charge in [-0.3, -0.25) is 19.8 Å². The van der Waals surface area contributed by atoms with Crippen LogP contribution in [0.5, 0.6) is 0 Å². The molecule has 3 aromatic rings. The summed E-state index contributed by atoms with van der Waals surface area (Å²) in [5, 5.41) is 10.7. The summed E-state index contributed by atoms with van der Waals surface area (Å²) in [5.74, 6) is 0.652. The molecule has 1 aliphatic heterocycles. The van der Waals surface area contributed by atoms with Gasteiger partial charge in [0, 0.05) is 31.9 Å². The largest absolute Gasteiger partial charge is 0.433 e. The van der Waals surface area contributed by atoms with Crippen molar-refractivity contribution in [1.29, 1.82) is 0 Å². The second kappa shape index (κ2) is 6.48. The van der Waals surface area contributed by atoms with Gasteiger partial charge >= 0.3 is 5.88 Å². The van der Waals surface area contributed by atoms with Crippen LogP contribution in [0.25, 0.3) is 11.4 Å². The van der Waals surface area contributed by atoms with Crippen LogP contribution in [0.4, 0.5) is 5.88 Å². The van der Waals surface area contributed by atoms with E-state index in [2.05, 4.69) is 19.9 Å². The molecule has 132 valence electrons. The third-order valence-electron chi connectivity index (χ3n) is 4.19. The zero-order chi connectivity index (χ0) is 18.1. The zero-order valence-electron chi connectivity index (χ0n) is 13.6. The first-order valence-corrected chi connectivity index (χ1v) is 7.93. The van der Waals surface area contributed by atoms with Gasteiger partial charge in [0.25, 0.3) is 5.56 Å². The molecular weight excluding hydrogens is 340 g/mol. The topological polar surface area (TPSA) is 131 Å². The van der Waals surface area contributed by atoms with Gasteiger partial charge in [-0.15, -0.1) is 0 Å². The number of rotatable bonds is 4. The number of nitro groups is 1. The van der Waals surface area contributed by atoms with Crippen LogP contribution in [0.1, 0.15) is 17.0 Å². The van der Waals surface area contributed by atoms with E-state index < -0.39 is 4.92 Å². The van der Waals surface area contributed by atoms with Crippen LogP contribution in [0.2, 0.25) is 0 Å². The number of hydrogen-bond donors (Lipinski definition) is 1. The number of fused-ring (bicyclic) bond motifs is 1. The van der Waals surface area contributed by atoms with Crippen molar-refractivity contribution >= 4 is 5.88 Å². The summed E-state index contributed by atoms with van der Waals surface area (Å²) in [6.07, 6.45) is 5.20. The molecular formula is C16H14N6O4. The molecule has 10 nitrogen and oxygen atoms in total. The Labute approximate surface area is 146 Å². The highest BCUT2D eigenvalue weighted by atomic mass is 16.6. The summed E-state index contributed by atoms with van der Waals surface area (Å²) in [6, 6.07) is 2.91. The molecule has 0 saturated carbocycles. The SMILES string of the molecule is O=c1[nH]c(-c2cncnc2)nc2c1CN(Cc1ccc([N+](=O)[O-])o1)CC2. The Morgan fingerprint density at radius 3 is 2.85 bits per heavy atom. The molecule has 0 amide bonds. The first-order valence-electron chi connectivity index (χ1n) is 7.93. The van der Waals surface area contributed by atoms with Gasteiger partial charge in [0.2, 0.25) is 0 Å². The highest BCUT2D eigenvalue weighted by molar-refractivity contribution is 5.52. The lowest BCUT2D eigenvalue weighted by Crippen LogP contribution is -2.35. The maximum absolute atomic E-state index is 12.5. The molecule has 0 aromatic carbocycles. The Hall–Kier alpha value is -3.40. The van der Waals surface area contributed by atoms with Crippen LogP contribution in [0.3, 0.4) is 0 Å².